The summed E-state index contributed by atoms with van der Waals surface area (Å²) in [5.41, 5.74) is 6.61. The fourth-order valence-electron chi connectivity index (χ4n) is 5.70. The van der Waals surface area contributed by atoms with Gasteiger partial charge in [0.05, 0.1) is 0 Å². The molecule has 38 heavy (non-hydrogen) atoms. The summed E-state index contributed by atoms with van der Waals surface area (Å²) in [7, 11) is -1.32. The predicted octanol–water partition coefficient (Wildman–Crippen LogP) is 9.77. The van der Waals surface area contributed by atoms with Crippen LogP contribution in [0.4, 0.5) is 5.69 Å². The molecule has 2 heterocycles. The molecule has 5 heteroatoms. The molecule has 0 fully saturated rings. The highest BCUT2D eigenvalue weighted by Gasteiger charge is 2.22. The van der Waals surface area contributed by atoms with Gasteiger partial charge in [0, 0.05) is 28.9 Å². The Balaban J connectivity index is 1.37. The lowest BCUT2D eigenvalue weighted by atomic mass is 9.99. The van der Waals surface area contributed by atoms with Crippen LogP contribution in [0.1, 0.15) is 16.7 Å². The predicted molar refractivity (Wildman–Crippen MR) is 159 cm³/mol. The van der Waals surface area contributed by atoms with Crippen molar-refractivity contribution in [1.82, 2.24) is 4.90 Å². The number of rotatable bonds is 3. The second-order valence-electron chi connectivity index (χ2n) is 9.96. The zero-order valence-corrected chi connectivity index (χ0v) is 22.5. The molecule has 0 spiro atoms. The Kier molecular flexibility index (Phi) is 5.45. The third-order valence-electron chi connectivity index (χ3n) is 7.21. The fraction of sp³-hybridized carbons (Fsp3) is 0.121. The molecule has 0 amide bonds. The quantitative estimate of drug-likeness (QED) is 0.235. The van der Waals surface area contributed by atoms with Crippen molar-refractivity contribution in [2.24, 2.45) is 0 Å². The Morgan fingerprint density at radius 2 is 1.24 bits per heavy atom. The molecule has 1 aromatic heterocycles. The summed E-state index contributed by atoms with van der Waals surface area (Å²) in [5.74, 6) is 0. The van der Waals surface area contributed by atoms with E-state index in [1.165, 1.54) is 43.9 Å². The summed E-state index contributed by atoms with van der Waals surface area (Å²) in [5, 5.41) is 6.89. The molecular weight excluding hydrogens is 487 g/mol. The molecule has 0 saturated heterocycles. The van der Waals surface area contributed by atoms with E-state index >= 15 is 0 Å². The van der Waals surface area contributed by atoms with Gasteiger partial charge in [-0.1, -0.05) is 78.4 Å². The Labute approximate surface area is 222 Å². The van der Waals surface area contributed by atoms with Crippen LogP contribution in [-0.4, -0.2) is 4.90 Å². The number of nitrogens with zero attached hydrogens (tertiary/aromatic N) is 2. The minimum absolute atomic E-state index is 0.560. The summed E-state index contributed by atoms with van der Waals surface area (Å²) in [6, 6.07) is 29.9. The molecule has 0 N–H and O–H groups in total. The summed E-state index contributed by atoms with van der Waals surface area (Å²) in [6.45, 7) is 9.93. The second-order valence-corrected chi connectivity index (χ2v) is 11.3. The van der Waals surface area contributed by atoms with E-state index in [-0.39, 0.29) is 0 Å². The molecule has 1 aliphatic rings. The first-order chi connectivity index (χ1) is 18.5. The zero-order chi connectivity index (χ0) is 25.8. The molecule has 186 valence electrons. The topological polar surface area (TPSA) is 32.8 Å². The van der Waals surface area contributed by atoms with Gasteiger partial charge in [-0.15, -0.1) is 0 Å². The molecule has 2 radical (unpaired) electrons. The number of hydrogen-bond acceptors (Lipinski definition) is 4. The molecule has 0 aliphatic carbocycles. The lowest BCUT2D eigenvalue weighted by Gasteiger charge is -2.22. The Hall–Kier alpha value is -4.14. The molecular formula is C33H27N2O2P. The highest BCUT2D eigenvalue weighted by atomic mass is 31.1. The molecule has 1 aliphatic heterocycles. The van der Waals surface area contributed by atoms with Gasteiger partial charge in [0.2, 0.25) is 14.7 Å². The van der Waals surface area contributed by atoms with Gasteiger partial charge < -0.3 is 18.2 Å². The third-order valence-corrected chi connectivity index (χ3v) is 8.54. The Morgan fingerprint density at radius 3 is 1.82 bits per heavy atom. The Morgan fingerprint density at radius 1 is 0.684 bits per heavy atom. The van der Waals surface area contributed by atoms with Crippen LogP contribution >= 0.6 is 8.01 Å². The van der Waals surface area contributed by atoms with Crippen LogP contribution in [0, 0.1) is 27.4 Å². The molecule has 6 aromatic rings. The maximum Gasteiger partial charge on any atom is 0.237 e. The molecule has 0 saturated carbocycles. The van der Waals surface area contributed by atoms with Crippen molar-refractivity contribution in [3.05, 3.63) is 121 Å². The SMILES string of the molecule is Cc1cc(C)c(N2[C]N(Cp3oc4ccc5ccccc5c4c4c(ccc5ccccc54)o3)C=C2)c(C)c1. The van der Waals surface area contributed by atoms with Crippen molar-refractivity contribution in [3.63, 3.8) is 0 Å². The van der Waals surface area contributed by atoms with E-state index in [1.54, 1.807) is 0 Å². The number of benzene rings is 5. The van der Waals surface area contributed by atoms with Crippen LogP contribution < -0.4 is 4.90 Å². The monoisotopic (exact) mass is 514 g/mol. The molecule has 4 nitrogen and oxygen atoms in total. The van der Waals surface area contributed by atoms with Gasteiger partial charge in [0.1, 0.15) is 17.5 Å². The summed E-state index contributed by atoms with van der Waals surface area (Å²) in [6.07, 6.45) is 4.66. The van der Waals surface area contributed by atoms with E-state index in [2.05, 4.69) is 123 Å². The highest BCUT2D eigenvalue weighted by Crippen LogP contribution is 2.42. The number of anilines is 1. The third kappa shape index (κ3) is 3.84. The van der Waals surface area contributed by atoms with Gasteiger partial charge in [-0.3, -0.25) is 0 Å². The minimum atomic E-state index is -1.32. The molecule has 0 atom stereocenters. The van der Waals surface area contributed by atoms with Crippen molar-refractivity contribution in [2.75, 3.05) is 4.90 Å². The van der Waals surface area contributed by atoms with Gasteiger partial charge in [0.25, 0.3) is 0 Å². The van der Waals surface area contributed by atoms with Gasteiger partial charge in [-0.05, 0) is 65.6 Å². The van der Waals surface area contributed by atoms with Crippen LogP contribution in [0.5, 0.6) is 0 Å². The van der Waals surface area contributed by atoms with Crippen molar-refractivity contribution in [3.8, 4) is 0 Å². The lowest BCUT2D eigenvalue weighted by molar-refractivity contribution is 0.479. The standard InChI is InChI=1S/C33H27N2O2P/c1-22-18-23(2)33(24(3)19-22)35-17-16-34(20-35)21-38-36-29-14-12-25-8-4-6-10-27(25)31(29)32-28-11-7-5-9-26(28)13-15-30(32)37-38/h4-19H,21H2,1-3H3. The maximum atomic E-state index is 6.67. The number of aryl methyl sites for hydroxylation is 3. The smallest absolute Gasteiger partial charge is 0.237 e. The van der Waals surface area contributed by atoms with Gasteiger partial charge in [-0.25, -0.2) is 0 Å². The molecule has 7 rings (SSSR count). The van der Waals surface area contributed by atoms with E-state index in [1.807, 2.05) is 11.1 Å². The second kappa shape index (κ2) is 9.01. The highest BCUT2D eigenvalue weighted by molar-refractivity contribution is 7.36. The molecule has 0 unspecified atom stereocenters. The van der Waals surface area contributed by atoms with Crippen LogP contribution in [0.2, 0.25) is 0 Å². The van der Waals surface area contributed by atoms with Crippen LogP contribution in [0.3, 0.4) is 0 Å². The van der Waals surface area contributed by atoms with Gasteiger partial charge in [0.15, 0.2) is 0 Å². The summed E-state index contributed by atoms with van der Waals surface area (Å²) < 4.78 is 13.3. The lowest BCUT2D eigenvalue weighted by Crippen LogP contribution is -2.18. The van der Waals surface area contributed by atoms with E-state index < -0.39 is 8.01 Å². The largest absolute Gasteiger partial charge is 0.418 e. The average molecular weight is 515 g/mol. The normalized spacial score (nSPS) is 13.4. The zero-order valence-electron chi connectivity index (χ0n) is 21.6. The number of hydrogen-bond donors (Lipinski definition) is 0. The fourth-order valence-corrected chi connectivity index (χ4v) is 7.00. The van der Waals surface area contributed by atoms with E-state index in [4.69, 9.17) is 8.39 Å². The van der Waals surface area contributed by atoms with Crippen LogP contribution in [0.25, 0.3) is 43.5 Å². The van der Waals surface area contributed by atoms with Gasteiger partial charge >= 0.3 is 0 Å². The first kappa shape index (κ1) is 23.0. The van der Waals surface area contributed by atoms with Crippen molar-refractivity contribution in [1.29, 1.82) is 0 Å². The molecule has 5 aromatic carbocycles. The first-order valence-electron chi connectivity index (χ1n) is 12.8. The summed E-state index contributed by atoms with van der Waals surface area (Å²) in [4.78, 5) is 4.11. The van der Waals surface area contributed by atoms with E-state index in [9.17, 15) is 0 Å². The molecule has 0 bridgehead atoms. The Bertz CT molecular complexity index is 1820. The van der Waals surface area contributed by atoms with Crippen LogP contribution in [-0.2, 0) is 6.29 Å². The van der Waals surface area contributed by atoms with Gasteiger partial charge in [-0.2, -0.15) is 0 Å². The van der Waals surface area contributed by atoms with E-state index in [0.29, 0.717) is 6.29 Å². The van der Waals surface area contributed by atoms with Crippen molar-refractivity contribution >= 4 is 57.2 Å². The number of fused-ring (bicyclic) bond motifs is 7. The van der Waals surface area contributed by atoms with Crippen molar-refractivity contribution < 1.29 is 8.39 Å². The van der Waals surface area contributed by atoms with Crippen molar-refractivity contribution in [2.45, 2.75) is 27.1 Å². The maximum absolute atomic E-state index is 6.67. The summed E-state index contributed by atoms with van der Waals surface area (Å²) >= 11 is 0. The average Bonchev–Trinajstić information content (AvgIpc) is 3.28. The first-order valence-corrected chi connectivity index (χ1v) is 14.2. The van der Waals surface area contributed by atoms with E-state index in [0.717, 1.165) is 21.9 Å². The minimum Gasteiger partial charge on any atom is -0.418 e. The van der Waals surface area contributed by atoms with Crippen LogP contribution in [0.15, 0.2) is 106 Å².